The van der Waals surface area contributed by atoms with Gasteiger partial charge in [-0.1, -0.05) is 23.1 Å². The minimum absolute atomic E-state index is 0.110. The first-order valence-corrected chi connectivity index (χ1v) is 10.6. The Morgan fingerprint density at radius 3 is 2.96 bits per heavy atom. The maximum atomic E-state index is 12.2. The molecule has 0 spiro atoms. The van der Waals surface area contributed by atoms with Gasteiger partial charge in [0, 0.05) is 24.9 Å². The van der Waals surface area contributed by atoms with Crippen molar-refractivity contribution >= 4 is 39.8 Å². The number of nitrogens with zero attached hydrogens (tertiary/aromatic N) is 2. The predicted molar refractivity (Wildman–Crippen MR) is 104 cm³/mol. The molecule has 2 aromatic rings. The highest BCUT2D eigenvalue weighted by molar-refractivity contribution is 8.01. The van der Waals surface area contributed by atoms with Gasteiger partial charge in [0.1, 0.15) is 13.2 Å². The highest BCUT2D eigenvalue weighted by atomic mass is 32.2. The van der Waals surface area contributed by atoms with Gasteiger partial charge in [0.2, 0.25) is 11.0 Å². The van der Waals surface area contributed by atoms with Gasteiger partial charge < -0.3 is 24.8 Å². The fraction of sp³-hybridized carbons (Fsp3) is 0.471. The van der Waals surface area contributed by atoms with Gasteiger partial charge in [0.15, 0.2) is 15.8 Å². The first kappa shape index (κ1) is 18.3. The molecular weight excluding hydrogens is 388 g/mol. The number of nitrogens with one attached hydrogen (secondary N) is 2. The molecule has 0 bridgehead atoms. The summed E-state index contributed by atoms with van der Waals surface area (Å²) in [5, 5.41) is 15.1. The van der Waals surface area contributed by atoms with Crippen LogP contribution in [0.5, 0.6) is 11.5 Å². The van der Waals surface area contributed by atoms with Crippen LogP contribution in [0, 0.1) is 0 Å². The number of rotatable bonds is 7. The zero-order chi connectivity index (χ0) is 18.5. The van der Waals surface area contributed by atoms with Crippen LogP contribution in [0.1, 0.15) is 12.8 Å². The zero-order valence-corrected chi connectivity index (χ0v) is 16.2. The Bertz CT molecular complexity index is 795. The van der Waals surface area contributed by atoms with Crippen LogP contribution in [0.25, 0.3) is 0 Å². The van der Waals surface area contributed by atoms with Crippen LogP contribution in [0.15, 0.2) is 22.5 Å². The van der Waals surface area contributed by atoms with Gasteiger partial charge >= 0.3 is 0 Å². The fourth-order valence-corrected chi connectivity index (χ4v) is 4.35. The average molecular weight is 409 g/mol. The van der Waals surface area contributed by atoms with Gasteiger partial charge in [0.05, 0.1) is 11.9 Å². The number of fused-ring (bicyclic) bond motifs is 1. The Hall–Kier alpha value is -2.04. The van der Waals surface area contributed by atoms with Crippen LogP contribution in [0.4, 0.5) is 10.8 Å². The molecule has 1 atom stereocenters. The van der Waals surface area contributed by atoms with Crippen molar-refractivity contribution in [2.75, 3.05) is 42.8 Å². The van der Waals surface area contributed by atoms with Crippen molar-refractivity contribution in [3.05, 3.63) is 18.2 Å². The van der Waals surface area contributed by atoms with E-state index in [1.807, 2.05) is 0 Å². The number of thioether (sulfide) groups is 1. The molecule has 27 heavy (non-hydrogen) atoms. The number of aromatic nitrogens is 2. The molecule has 1 aromatic carbocycles. The Morgan fingerprint density at radius 1 is 1.22 bits per heavy atom. The van der Waals surface area contributed by atoms with Crippen molar-refractivity contribution in [2.45, 2.75) is 23.3 Å². The fourth-order valence-electron chi connectivity index (χ4n) is 2.79. The van der Waals surface area contributed by atoms with Crippen LogP contribution < -0.4 is 20.1 Å². The van der Waals surface area contributed by atoms with Crippen LogP contribution in [0.2, 0.25) is 0 Å². The molecule has 4 rings (SSSR count). The van der Waals surface area contributed by atoms with Crippen LogP contribution >= 0.6 is 23.1 Å². The second-order valence-electron chi connectivity index (χ2n) is 6.08. The van der Waals surface area contributed by atoms with Crippen molar-refractivity contribution < 1.29 is 19.0 Å². The molecule has 8 nitrogen and oxygen atoms in total. The van der Waals surface area contributed by atoms with Gasteiger partial charge in [0.25, 0.3) is 0 Å². The molecule has 1 fully saturated rings. The Labute approximate surface area is 165 Å². The summed E-state index contributed by atoms with van der Waals surface area (Å²) < 4.78 is 17.3. The number of carbonyl (C=O) groups is 1. The van der Waals surface area contributed by atoms with E-state index in [-0.39, 0.29) is 17.8 Å². The lowest BCUT2D eigenvalue weighted by Crippen LogP contribution is -2.18. The number of amides is 1. The van der Waals surface area contributed by atoms with Gasteiger partial charge in [-0.3, -0.25) is 4.79 Å². The molecule has 1 aromatic heterocycles. The van der Waals surface area contributed by atoms with Gasteiger partial charge in [-0.15, -0.1) is 10.2 Å². The van der Waals surface area contributed by atoms with E-state index in [0.717, 1.165) is 35.5 Å². The van der Waals surface area contributed by atoms with E-state index in [4.69, 9.17) is 14.2 Å². The number of anilines is 2. The predicted octanol–water partition coefficient (Wildman–Crippen LogP) is 2.63. The minimum Gasteiger partial charge on any atom is -0.486 e. The third-order valence-corrected chi connectivity index (χ3v) is 6.08. The maximum Gasteiger partial charge on any atom is 0.234 e. The largest absolute Gasteiger partial charge is 0.486 e. The highest BCUT2D eigenvalue weighted by Gasteiger charge is 2.16. The number of benzene rings is 1. The lowest BCUT2D eigenvalue weighted by Gasteiger charge is -2.18. The number of hydrogen-bond donors (Lipinski definition) is 2. The lowest BCUT2D eigenvalue weighted by molar-refractivity contribution is -0.113. The third kappa shape index (κ3) is 5.02. The second kappa shape index (κ2) is 8.77. The van der Waals surface area contributed by atoms with Gasteiger partial charge in [-0.05, 0) is 25.0 Å². The van der Waals surface area contributed by atoms with E-state index in [1.54, 1.807) is 18.2 Å². The first-order valence-electron chi connectivity index (χ1n) is 8.77. The maximum absolute atomic E-state index is 12.2. The SMILES string of the molecule is O=C(CSc1nnc(NC[C@@H]2CCCO2)s1)Nc1ccc2c(c1)OCCO2. The van der Waals surface area contributed by atoms with Crippen molar-refractivity contribution in [1.29, 1.82) is 0 Å². The molecule has 0 radical (unpaired) electrons. The Kier molecular flexibility index (Phi) is 5.95. The first-order chi connectivity index (χ1) is 13.3. The summed E-state index contributed by atoms with van der Waals surface area (Å²) >= 11 is 2.80. The average Bonchev–Trinajstić information content (AvgIpc) is 3.36. The molecule has 2 aliphatic rings. The van der Waals surface area contributed by atoms with E-state index in [2.05, 4.69) is 20.8 Å². The van der Waals surface area contributed by atoms with E-state index >= 15 is 0 Å². The smallest absolute Gasteiger partial charge is 0.234 e. The van der Waals surface area contributed by atoms with Gasteiger partial charge in [-0.2, -0.15) is 0 Å². The van der Waals surface area contributed by atoms with Gasteiger partial charge in [-0.25, -0.2) is 0 Å². The van der Waals surface area contributed by atoms with Crippen LogP contribution in [-0.2, 0) is 9.53 Å². The molecule has 144 valence electrons. The molecule has 1 amide bonds. The molecule has 3 heterocycles. The Balaban J connectivity index is 1.23. The molecule has 2 aliphatic heterocycles. The number of ether oxygens (including phenoxy) is 3. The topological polar surface area (TPSA) is 94.6 Å². The summed E-state index contributed by atoms with van der Waals surface area (Å²) in [5.74, 6) is 1.50. The highest BCUT2D eigenvalue weighted by Crippen LogP contribution is 2.33. The number of hydrogen-bond acceptors (Lipinski definition) is 9. The van der Waals surface area contributed by atoms with Crippen molar-refractivity contribution in [1.82, 2.24) is 10.2 Å². The minimum atomic E-state index is -0.110. The molecule has 1 saturated heterocycles. The summed E-state index contributed by atoms with van der Waals surface area (Å²) in [6.07, 6.45) is 2.44. The standard InChI is InChI=1S/C17H20N4O4S2/c22-15(19-11-3-4-13-14(8-11)25-7-6-24-13)10-26-17-21-20-16(27-17)18-9-12-2-1-5-23-12/h3-4,8,12H,1-2,5-7,9-10H2,(H,18,20)(H,19,22)/t12-/m0/s1. The van der Waals surface area contributed by atoms with E-state index in [9.17, 15) is 4.79 Å². The summed E-state index contributed by atoms with van der Waals surface area (Å²) in [7, 11) is 0. The third-order valence-electron chi connectivity index (χ3n) is 4.06. The monoisotopic (exact) mass is 408 g/mol. The van der Waals surface area contributed by atoms with Crippen molar-refractivity contribution in [3.8, 4) is 11.5 Å². The van der Waals surface area contributed by atoms with Crippen LogP contribution in [-0.4, -0.2) is 54.3 Å². The number of carbonyl (C=O) groups excluding carboxylic acids is 1. The van der Waals surface area contributed by atoms with E-state index in [0.29, 0.717) is 30.4 Å². The summed E-state index contributed by atoms with van der Waals surface area (Å²) in [5.41, 5.74) is 0.682. The molecule has 0 unspecified atom stereocenters. The second-order valence-corrected chi connectivity index (χ2v) is 8.28. The van der Waals surface area contributed by atoms with Crippen molar-refractivity contribution in [2.24, 2.45) is 0 Å². The molecule has 0 saturated carbocycles. The van der Waals surface area contributed by atoms with Crippen LogP contribution in [0.3, 0.4) is 0 Å². The Morgan fingerprint density at radius 2 is 2.11 bits per heavy atom. The summed E-state index contributed by atoms with van der Waals surface area (Å²) in [4.78, 5) is 12.2. The molecular formula is C17H20N4O4S2. The quantitative estimate of drug-likeness (QED) is 0.675. The van der Waals surface area contributed by atoms with E-state index < -0.39 is 0 Å². The summed E-state index contributed by atoms with van der Waals surface area (Å²) in [6, 6.07) is 5.37. The summed E-state index contributed by atoms with van der Waals surface area (Å²) in [6.45, 7) is 2.63. The normalized spacial score (nSPS) is 18.3. The van der Waals surface area contributed by atoms with E-state index in [1.165, 1.54) is 23.1 Å². The van der Waals surface area contributed by atoms with Crippen molar-refractivity contribution in [3.63, 3.8) is 0 Å². The molecule has 0 aliphatic carbocycles. The molecule has 10 heteroatoms. The zero-order valence-electron chi connectivity index (χ0n) is 14.6. The lowest BCUT2D eigenvalue weighted by atomic mass is 10.2. The molecule has 2 N–H and O–H groups in total.